The number of carbonyl (C=O) groups excluding carboxylic acids is 1. The van der Waals surface area contributed by atoms with Crippen molar-refractivity contribution in [2.24, 2.45) is 11.8 Å². The van der Waals surface area contributed by atoms with Gasteiger partial charge in [-0.2, -0.15) is 0 Å². The van der Waals surface area contributed by atoms with Crippen molar-refractivity contribution in [3.05, 3.63) is 0 Å². The van der Waals surface area contributed by atoms with Crippen molar-refractivity contribution in [2.75, 3.05) is 0 Å². The van der Waals surface area contributed by atoms with Crippen LogP contribution in [0.1, 0.15) is 77.6 Å². The van der Waals surface area contributed by atoms with Gasteiger partial charge in [-0.05, 0) is 50.9 Å². The molecule has 0 saturated heterocycles. The Bertz CT molecular complexity index is 368. The molecule has 0 aromatic rings. The van der Waals surface area contributed by atoms with E-state index in [4.69, 9.17) is 5.11 Å². The molecule has 4 nitrogen and oxygen atoms in total. The molecule has 4 heteroatoms. The van der Waals surface area contributed by atoms with Crippen LogP contribution < -0.4 is 5.32 Å². The van der Waals surface area contributed by atoms with Crippen LogP contribution in [0.25, 0.3) is 0 Å². The predicted octanol–water partition coefficient (Wildman–Crippen LogP) is 3.50. The Morgan fingerprint density at radius 1 is 1.19 bits per heavy atom. The molecule has 2 fully saturated rings. The van der Waals surface area contributed by atoms with Crippen molar-refractivity contribution in [1.82, 2.24) is 5.32 Å². The number of unbranched alkanes of at least 4 members (excludes halogenated alkanes) is 1. The smallest absolute Gasteiger partial charge is 0.305 e. The van der Waals surface area contributed by atoms with E-state index in [0.29, 0.717) is 0 Å². The van der Waals surface area contributed by atoms with Crippen molar-refractivity contribution >= 4 is 11.9 Å². The van der Waals surface area contributed by atoms with E-state index >= 15 is 0 Å². The maximum atomic E-state index is 12.4. The van der Waals surface area contributed by atoms with E-state index in [1.165, 1.54) is 19.3 Å². The maximum absolute atomic E-state index is 12.4. The average Bonchev–Trinajstić information content (AvgIpc) is 2.42. The van der Waals surface area contributed by atoms with Gasteiger partial charge < -0.3 is 10.4 Å². The monoisotopic (exact) mass is 295 g/mol. The highest BCUT2D eigenvalue weighted by molar-refractivity contribution is 5.80. The van der Waals surface area contributed by atoms with Crippen LogP contribution in [-0.2, 0) is 9.59 Å². The Morgan fingerprint density at radius 2 is 1.86 bits per heavy atom. The second-order valence-electron chi connectivity index (χ2n) is 7.05. The van der Waals surface area contributed by atoms with Crippen LogP contribution in [0.5, 0.6) is 0 Å². The molecule has 21 heavy (non-hydrogen) atoms. The number of nitrogens with one attached hydrogen (secondary N) is 1. The van der Waals surface area contributed by atoms with Crippen LogP contribution in [0.4, 0.5) is 0 Å². The molecule has 0 heterocycles. The third kappa shape index (κ3) is 4.45. The van der Waals surface area contributed by atoms with E-state index in [2.05, 4.69) is 12.2 Å². The fourth-order valence-electron chi connectivity index (χ4n) is 3.81. The maximum Gasteiger partial charge on any atom is 0.305 e. The Balaban J connectivity index is 1.78. The number of amides is 1. The van der Waals surface area contributed by atoms with Gasteiger partial charge in [-0.3, -0.25) is 9.59 Å². The van der Waals surface area contributed by atoms with Gasteiger partial charge in [0.05, 0.1) is 12.0 Å². The van der Waals surface area contributed by atoms with E-state index in [0.717, 1.165) is 50.9 Å². The molecule has 2 aliphatic carbocycles. The number of rotatable bonds is 7. The molecule has 0 aromatic carbocycles. The van der Waals surface area contributed by atoms with Crippen LogP contribution >= 0.6 is 0 Å². The van der Waals surface area contributed by atoms with Gasteiger partial charge in [-0.25, -0.2) is 0 Å². The van der Waals surface area contributed by atoms with Crippen LogP contribution in [0.15, 0.2) is 0 Å². The van der Waals surface area contributed by atoms with Crippen molar-refractivity contribution in [3.63, 3.8) is 0 Å². The minimum Gasteiger partial charge on any atom is -0.481 e. The number of aliphatic carboxylic acids is 1. The zero-order valence-electron chi connectivity index (χ0n) is 13.2. The summed E-state index contributed by atoms with van der Waals surface area (Å²) in [6.07, 6.45) is 10.8. The lowest BCUT2D eigenvalue weighted by Gasteiger charge is -2.42. The largest absolute Gasteiger partial charge is 0.481 e. The summed E-state index contributed by atoms with van der Waals surface area (Å²) >= 11 is 0. The molecule has 0 unspecified atom stereocenters. The number of hydrogen-bond donors (Lipinski definition) is 2. The first-order valence-electron chi connectivity index (χ1n) is 8.58. The third-order valence-corrected chi connectivity index (χ3v) is 5.37. The fraction of sp³-hybridized carbons (Fsp3) is 0.882. The lowest BCUT2D eigenvalue weighted by molar-refractivity contribution is -0.141. The summed E-state index contributed by atoms with van der Waals surface area (Å²) in [5.41, 5.74) is -0.442. The summed E-state index contributed by atoms with van der Waals surface area (Å²) in [6.45, 7) is 2.22. The summed E-state index contributed by atoms with van der Waals surface area (Å²) in [5.74, 6) is 0.197. The van der Waals surface area contributed by atoms with Gasteiger partial charge in [0, 0.05) is 5.92 Å². The normalized spacial score (nSPS) is 27.7. The van der Waals surface area contributed by atoms with Gasteiger partial charge in [0.2, 0.25) is 5.91 Å². The molecule has 2 aliphatic rings. The second kappa shape index (κ2) is 7.28. The van der Waals surface area contributed by atoms with Gasteiger partial charge in [0.1, 0.15) is 0 Å². The predicted molar refractivity (Wildman–Crippen MR) is 82.0 cm³/mol. The first-order chi connectivity index (χ1) is 10.0. The molecule has 2 N–H and O–H groups in total. The number of carboxylic acid groups (broad SMARTS) is 1. The second-order valence-corrected chi connectivity index (χ2v) is 7.05. The summed E-state index contributed by atoms with van der Waals surface area (Å²) in [4.78, 5) is 23.4. The van der Waals surface area contributed by atoms with Gasteiger partial charge in [0.25, 0.3) is 0 Å². The fourth-order valence-corrected chi connectivity index (χ4v) is 3.81. The average molecular weight is 295 g/mol. The van der Waals surface area contributed by atoms with Crippen LogP contribution in [0, 0.1) is 11.8 Å². The summed E-state index contributed by atoms with van der Waals surface area (Å²) in [6, 6.07) is 0. The van der Waals surface area contributed by atoms with Crippen molar-refractivity contribution in [3.8, 4) is 0 Å². The summed E-state index contributed by atoms with van der Waals surface area (Å²) in [7, 11) is 0. The molecule has 0 bridgehead atoms. The molecule has 0 atom stereocenters. The van der Waals surface area contributed by atoms with E-state index in [9.17, 15) is 9.59 Å². The molecule has 0 spiro atoms. The van der Waals surface area contributed by atoms with Gasteiger partial charge in [-0.1, -0.05) is 26.2 Å². The molecule has 0 radical (unpaired) electrons. The molecule has 0 aromatic heterocycles. The summed E-state index contributed by atoms with van der Waals surface area (Å²) in [5, 5.41) is 12.1. The Hall–Kier alpha value is -1.06. The van der Waals surface area contributed by atoms with Gasteiger partial charge in [0.15, 0.2) is 0 Å². The quantitative estimate of drug-likeness (QED) is 0.755. The lowest BCUT2D eigenvalue weighted by Crippen LogP contribution is -2.56. The van der Waals surface area contributed by atoms with E-state index < -0.39 is 11.5 Å². The SMILES string of the molecule is CCCCC1CCC(C(=O)NC2(CC(=O)O)CCC2)CC1. The van der Waals surface area contributed by atoms with Gasteiger partial charge >= 0.3 is 5.97 Å². The number of hydrogen-bond acceptors (Lipinski definition) is 2. The molecular formula is C17H29NO3. The molecule has 2 rings (SSSR count). The first-order valence-corrected chi connectivity index (χ1v) is 8.58. The number of carboxylic acids is 1. The molecular weight excluding hydrogens is 266 g/mol. The van der Waals surface area contributed by atoms with Crippen LogP contribution in [0.3, 0.4) is 0 Å². The standard InChI is InChI=1S/C17H29NO3/c1-2-3-5-13-6-8-14(9-7-13)16(21)18-17(10-4-11-17)12-15(19)20/h13-14H,2-12H2,1H3,(H,18,21)(H,19,20). The molecule has 2 saturated carbocycles. The zero-order chi connectivity index (χ0) is 15.3. The Labute approximate surface area is 127 Å². The van der Waals surface area contributed by atoms with E-state index in [1.54, 1.807) is 0 Å². The molecule has 0 aliphatic heterocycles. The molecule has 120 valence electrons. The highest BCUT2D eigenvalue weighted by atomic mass is 16.4. The Morgan fingerprint density at radius 3 is 2.33 bits per heavy atom. The van der Waals surface area contributed by atoms with Gasteiger partial charge in [-0.15, -0.1) is 0 Å². The van der Waals surface area contributed by atoms with Crippen molar-refractivity contribution in [2.45, 2.75) is 83.1 Å². The first kappa shape index (κ1) is 16.3. The van der Waals surface area contributed by atoms with E-state index in [-0.39, 0.29) is 18.2 Å². The number of carbonyl (C=O) groups is 2. The van der Waals surface area contributed by atoms with Crippen LogP contribution in [-0.4, -0.2) is 22.5 Å². The molecule has 1 amide bonds. The highest BCUT2D eigenvalue weighted by Crippen LogP contribution is 2.37. The van der Waals surface area contributed by atoms with E-state index in [1.807, 2.05) is 0 Å². The Kier molecular flexibility index (Phi) is 5.65. The van der Waals surface area contributed by atoms with Crippen LogP contribution in [0.2, 0.25) is 0 Å². The minimum atomic E-state index is -0.807. The third-order valence-electron chi connectivity index (χ3n) is 5.37. The van der Waals surface area contributed by atoms with Crippen molar-refractivity contribution < 1.29 is 14.7 Å². The summed E-state index contributed by atoms with van der Waals surface area (Å²) < 4.78 is 0. The minimum absolute atomic E-state index is 0.0740. The zero-order valence-corrected chi connectivity index (χ0v) is 13.2. The van der Waals surface area contributed by atoms with Crippen molar-refractivity contribution in [1.29, 1.82) is 0 Å². The lowest BCUT2D eigenvalue weighted by atomic mass is 9.73. The highest BCUT2D eigenvalue weighted by Gasteiger charge is 2.41. The topological polar surface area (TPSA) is 66.4 Å².